The standard InChI is InChI=1S/C9H13NO5/c11-7(12)4-10-8(13)5-2-1-3-6(5)9(14)15/h5-6H,1-4H2,(H,10,13)(H,11,12)(H,14,15). The molecule has 0 radical (unpaired) electrons. The minimum absolute atomic E-state index is 0.457. The Labute approximate surface area is 86.3 Å². The van der Waals surface area contributed by atoms with E-state index in [9.17, 15) is 14.4 Å². The Morgan fingerprint density at radius 1 is 1.13 bits per heavy atom. The van der Waals surface area contributed by atoms with Crippen molar-refractivity contribution in [2.24, 2.45) is 11.8 Å². The lowest BCUT2D eigenvalue weighted by Crippen LogP contribution is -2.37. The zero-order chi connectivity index (χ0) is 11.4. The SMILES string of the molecule is O=C(O)CNC(=O)C1CCCC1C(=O)O. The van der Waals surface area contributed by atoms with E-state index >= 15 is 0 Å². The average molecular weight is 215 g/mol. The number of hydrogen-bond acceptors (Lipinski definition) is 3. The normalized spacial score (nSPS) is 24.8. The zero-order valence-corrected chi connectivity index (χ0v) is 8.10. The Hall–Kier alpha value is -1.59. The van der Waals surface area contributed by atoms with E-state index in [2.05, 4.69) is 5.32 Å². The molecule has 1 aliphatic rings. The summed E-state index contributed by atoms with van der Waals surface area (Å²) < 4.78 is 0. The first kappa shape index (κ1) is 11.5. The van der Waals surface area contributed by atoms with Crippen molar-refractivity contribution in [3.63, 3.8) is 0 Å². The lowest BCUT2D eigenvalue weighted by Gasteiger charge is -2.14. The molecule has 2 unspecified atom stereocenters. The van der Waals surface area contributed by atoms with Crippen LogP contribution in [0.25, 0.3) is 0 Å². The molecule has 3 N–H and O–H groups in total. The highest BCUT2D eigenvalue weighted by molar-refractivity contribution is 5.87. The maximum absolute atomic E-state index is 11.4. The average Bonchev–Trinajstić information content (AvgIpc) is 2.62. The van der Waals surface area contributed by atoms with Crippen molar-refractivity contribution in [2.75, 3.05) is 6.54 Å². The van der Waals surface area contributed by atoms with Crippen LogP contribution in [0.15, 0.2) is 0 Å². The van der Waals surface area contributed by atoms with E-state index in [0.717, 1.165) is 0 Å². The molecule has 1 fully saturated rings. The van der Waals surface area contributed by atoms with E-state index in [0.29, 0.717) is 19.3 Å². The van der Waals surface area contributed by atoms with E-state index in [1.54, 1.807) is 0 Å². The van der Waals surface area contributed by atoms with Gasteiger partial charge in [0, 0.05) is 0 Å². The highest BCUT2D eigenvalue weighted by atomic mass is 16.4. The molecule has 1 rings (SSSR count). The van der Waals surface area contributed by atoms with E-state index in [-0.39, 0.29) is 0 Å². The van der Waals surface area contributed by atoms with Crippen LogP contribution in [0.5, 0.6) is 0 Å². The van der Waals surface area contributed by atoms with Gasteiger partial charge in [0.25, 0.3) is 0 Å². The number of carbonyl (C=O) groups is 3. The number of amides is 1. The molecule has 1 saturated carbocycles. The lowest BCUT2D eigenvalue weighted by molar-refractivity contribution is -0.146. The summed E-state index contributed by atoms with van der Waals surface area (Å²) in [6.07, 6.45) is 1.70. The van der Waals surface area contributed by atoms with Gasteiger partial charge in [-0.1, -0.05) is 6.42 Å². The molecule has 0 bridgehead atoms. The summed E-state index contributed by atoms with van der Waals surface area (Å²) in [6, 6.07) is 0. The van der Waals surface area contributed by atoms with Gasteiger partial charge in [-0.3, -0.25) is 14.4 Å². The molecule has 6 heteroatoms. The number of nitrogens with one attached hydrogen (secondary N) is 1. The predicted molar refractivity (Wildman–Crippen MR) is 49.1 cm³/mol. The maximum atomic E-state index is 11.4. The summed E-state index contributed by atoms with van der Waals surface area (Å²) >= 11 is 0. The first-order chi connectivity index (χ1) is 7.02. The first-order valence-corrected chi connectivity index (χ1v) is 4.74. The van der Waals surface area contributed by atoms with Crippen LogP contribution >= 0.6 is 0 Å². The molecule has 0 spiro atoms. The van der Waals surface area contributed by atoms with E-state index in [4.69, 9.17) is 10.2 Å². The third-order valence-electron chi connectivity index (χ3n) is 2.58. The molecule has 1 aliphatic carbocycles. The molecule has 1 amide bonds. The van der Waals surface area contributed by atoms with Crippen LogP contribution in [0, 0.1) is 11.8 Å². The second-order valence-corrected chi connectivity index (χ2v) is 3.59. The molecule has 0 aliphatic heterocycles. The summed E-state index contributed by atoms with van der Waals surface area (Å²) in [4.78, 5) is 32.4. The molecule has 6 nitrogen and oxygen atoms in total. The number of aliphatic carboxylic acids is 2. The van der Waals surface area contributed by atoms with Crippen LogP contribution in [0.2, 0.25) is 0 Å². The smallest absolute Gasteiger partial charge is 0.322 e. The Kier molecular flexibility index (Phi) is 3.65. The Bertz CT molecular complexity index is 288. The van der Waals surface area contributed by atoms with Gasteiger partial charge in [-0.05, 0) is 12.8 Å². The quantitative estimate of drug-likeness (QED) is 0.596. The van der Waals surface area contributed by atoms with Gasteiger partial charge >= 0.3 is 11.9 Å². The lowest BCUT2D eigenvalue weighted by atomic mass is 9.95. The zero-order valence-electron chi connectivity index (χ0n) is 8.10. The second kappa shape index (κ2) is 4.77. The number of hydrogen-bond donors (Lipinski definition) is 3. The van der Waals surface area contributed by atoms with Crippen molar-refractivity contribution in [3.05, 3.63) is 0 Å². The highest BCUT2D eigenvalue weighted by Crippen LogP contribution is 2.31. The molecule has 0 saturated heterocycles. The molecule has 84 valence electrons. The summed E-state index contributed by atoms with van der Waals surface area (Å²) in [5.74, 6) is -3.83. The summed E-state index contributed by atoms with van der Waals surface area (Å²) in [5, 5.41) is 19.4. The fraction of sp³-hybridized carbons (Fsp3) is 0.667. The fourth-order valence-corrected chi connectivity index (χ4v) is 1.86. The van der Waals surface area contributed by atoms with Gasteiger partial charge in [0.1, 0.15) is 6.54 Å². The summed E-state index contributed by atoms with van der Waals surface area (Å²) in [7, 11) is 0. The van der Waals surface area contributed by atoms with Crippen LogP contribution in [-0.2, 0) is 14.4 Å². The number of rotatable bonds is 4. The molecule has 0 heterocycles. The van der Waals surface area contributed by atoms with Crippen LogP contribution in [0.3, 0.4) is 0 Å². The van der Waals surface area contributed by atoms with Crippen molar-refractivity contribution >= 4 is 17.8 Å². The Morgan fingerprint density at radius 2 is 1.73 bits per heavy atom. The number of carbonyl (C=O) groups excluding carboxylic acids is 1. The fourth-order valence-electron chi connectivity index (χ4n) is 1.86. The van der Waals surface area contributed by atoms with Crippen LogP contribution in [-0.4, -0.2) is 34.6 Å². The molecule has 0 aromatic carbocycles. The van der Waals surface area contributed by atoms with E-state index < -0.39 is 36.2 Å². The monoisotopic (exact) mass is 215 g/mol. The third kappa shape index (κ3) is 2.93. The van der Waals surface area contributed by atoms with Crippen LogP contribution in [0.1, 0.15) is 19.3 Å². The van der Waals surface area contributed by atoms with Gasteiger partial charge in [-0.15, -0.1) is 0 Å². The van der Waals surface area contributed by atoms with Gasteiger partial charge < -0.3 is 15.5 Å². The van der Waals surface area contributed by atoms with Crippen molar-refractivity contribution in [1.82, 2.24) is 5.32 Å². The number of carboxylic acid groups (broad SMARTS) is 2. The minimum atomic E-state index is -1.13. The largest absolute Gasteiger partial charge is 0.481 e. The van der Waals surface area contributed by atoms with Gasteiger partial charge in [0.05, 0.1) is 11.8 Å². The Balaban J connectivity index is 2.51. The van der Waals surface area contributed by atoms with Gasteiger partial charge in [-0.25, -0.2) is 0 Å². The van der Waals surface area contributed by atoms with Crippen molar-refractivity contribution in [1.29, 1.82) is 0 Å². The molecular weight excluding hydrogens is 202 g/mol. The van der Waals surface area contributed by atoms with Crippen molar-refractivity contribution in [3.8, 4) is 0 Å². The van der Waals surface area contributed by atoms with E-state index in [1.165, 1.54) is 0 Å². The van der Waals surface area contributed by atoms with Crippen molar-refractivity contribution in [2.45, 2.75) is 19.3 Å². The molecule has 2 atom stereocenters. The van der Waals surface area contributed by atoms with Crippen LogP contribution < -0.4 is 5.32 Å². The van der Waals surface area contributed by atoms with Crippen LogP contribution in [0.4, 0.5) is 0 Å². The van der Waals surface area contributed by atoms with Gasteiger partial charge in [0.15, 0.2) is 0 Å². The molecule has 15 heavy (non-hydrogen) atoms. The van der Waals surface area contributed by atoms with E-state index in [1.807, 2.05) is 0 Å². The predicted octanol–water partition coefficient (Wildman–Crippen LogP) is -0.312. The number of carboxylic acids is 2. The Morgan fingerprint density at radius 3 is 2.27 bits per heavy atom. The topological polar surface area (TPSA) is 104 Å². The first-order valence-electron chi connectivity index (χ1n) is 4.74. The van der Waals surface area contributed by atoms with Gasteiger partial charge in [-0.2, -0.15) is 0 Å². The second-order valence-electron chi connectivity index (χ2n) is 3.59. The molecule has 0 aromatic rings. The third-order valence-corrected chi connectivity index (χ3v) is 2.58. The summed E-state index contributed by atoms with van der Waals surface area (Å²) in [5.41, 5.74) is 0. The molecular formula is C9H13NO5. The van der Waals surface area contributed by atoms with Crippen molar-refractivity contribution < 1.29 is 24.6 Å². The highest BCUT2D eigenvalue weighted by Gasteiger charge is 2.37. The maximum Gasteiger partial charge on any atom is 0.322 e. The molecule has 0 aromatic heterocycles. The summed E-state index contributed by atoms with van der Waals surface area (Å²) in [6.45, 7) is -0.457. The van der Waals surface area contributed by atoms with Gasteiger partial charge in [0.2, 0.25) is 5.91 Å². The minimum Gasteiger partial charge on any atom is -0.481 e.